The second-order valence-corrected chi connectivity index (χ2v) is 5.40. The summed E-state index contributed by atoms with van der Waals surface area (Å²) >= 11 is 0. The highest BCUT2D eigenvalue weighted by Gasteiger charge is 1.99. The Hall–Kier alpha value is -1.15. The molecule has 0 saturated heterocycles. The van der Waals surface area contributed by atoms with Crippen LogP contribution in [0.25, 0.3) is 6.08 Å². The van der Waals surface area contributed by atoms with Crippen molar-refractivity contribution < 1.29 is 9.50 Å². The quantitative estimate of drug-likeness (QED) is 0.567. The van der Waals surface area contributed by atoms with Gasteiger partial charge in [0.25, 0.3) is 0 Å². The van der Waals surface area contributed by atoms with Crippen LogP contribution in [0.3, 0.4) is 0 Å². The number of aliphatic hydroxyl groups excluding tert-OH is 1. The highest BCUT2D eigenvalue weighted by Crippen LogP contribution is 2.18. The van der Waals surface area contributed by atoms with Crippen LogP contribution in [0.2, 0.25) is 0 Å². The van der Waals surface area contributed by atoms with Crippen molar-refractivity contribution in [2.45, 2.75) is 58.3 Å². The molecule has 0 saturated carbocycles. The monoisotopic (exact) mass is 278 g/mol. The van der Waals surface area contributed by atoms with Crippen LogP contribution in [0.4, 0.5) is 4.39 Å². The summed E-state index contributed by atoms with van der Waals surface area (Å²) < 4.78 is 13.8. The van der Waals surface area contributed by atoms with Crippen LogP contribution >= 0.6 is 0 Å². The van der Waals surface area contributed by atoms with Gasteiger partial charge in [-0.25, -0.2) is 4.39 Å². The number of hydrogen-bond donors (Lipinski definition) is 1. The molecular weight excluding hydrogens is 251 g/mol. The third kappa shape index (κ3) is 7.44. The van der Waals surface area contributed by atoms with Crippen LogP contribution in [0.5, 0.6) is 0 Å². The molecule has 0 aliphatic carbocycles. The van der Waals surface area contributed by atoms with Crippen molar-refractivity contribution in [3.8, 4) is 0 Å². The molecule has 112 valence electrons. The molecule has 0 aliphatic rings. The van der Waals surface area contributed by atoms with Crippen LogP contribution in [-0.2, 0) is 0 Å². The Balaban J connectivity index is 2.14. The van der Waals surface area contributed by atoms with E-state index in [-0.39, 0.29) is 5.83 Å². The van der Waals surface area contributed by atoms with Crippen molar-refractivity contribution in [2.75, 3.05) is 6.61 Å². The molecule has 0 heterocycles. The van der Waals surface area contributed by atoms with Crippen molar-refractivity contribution in [1.82, 2.24) is 0 Å². The second kappa shape index (κ2) is 10.6. The molecule has 0 spiro atoms. The lowest BCUT2D eigenvalue weighted by atomic mass is 10.1. The molecule has 0 aromatic heterocycles. The molecule has 0 amide bonds. The zero-order valence-corrected chi connectivity index (χ0v) is 12.6. The Kier molecular flexibility index (Phi) is 8.97. The molecule has 1 N–H and O–H groups in total. The lowest BCUT2D eigenvalue weighted by Gasteiger charge is -2.02. The minimum atomic E-state index is -0.0143. The molecule has 20 heavy (non-hydrogen) atoms. The molecule has 1 rings (SSSR count). The summed E-state index contributed by atoms with van der Waals surface area (Å²) in [5.74, 6) is -0.0143. The zero-order valence-electron chi connectivity index (χ0n) is 12.6. The van der Waals surface area contributed by atoms with Gasteiger partial charge in [0.2, 0.25) is 0 Å². The van der Waals surface area contributed by atoms with E-state index < -0.39 is 0 Å². The first-order valence-electron chi connectivity index (χ1n) is 7.76. The van der Waals surface area contributed by atoms with Crippen molar-refractivity contribution in [1.29, 1.82) is 0 Å². The van der Waals surface area contributed by atoms with E-state index in [9.17, 15) is 4.39 Å². The molecule has 2 heteroatoms. The molecular formula is C18H27FO. The maximum absolute atomic E-state index is 13.8. The predicted octanol–water partition coefficient (Wildman–Crippen LogP) is 5.42. The van der Waals surface area contributed by atoms with E-state index in [1.165, 1.54) is 19.3 Å². The number of halogens is 1. The van der Waals surface area contributed by atoms with Crippen LogP contribution in [0.1, 0.15) is 62.5 Å². The first-order valence-corrected chi connectivity index (χ1v) is 7.76. The van der Waals surface area contributed by atoms with Gasteiger partial charge < -0.3 is 5.11 Å². The number of benzene rings is 1. The number of aryl methyl sites for hydroxylation is 1. The van der Waals surface area contributed by atoms with E-state index >= 15 is 0 Å². The van der Waals surface area contributed by atoms with Crippen molar-refractivity contribution in [2.24, 2.45) is 0 Å². The summed E-state index contributed by atoms with van der Waals surface area (Å²) in [7, 11) is 0. The third-order valence-corrected chi connectivity index (χ3v) is 3.57. The first kappa shape index (κ1) is 16.9. The Morgan fingerprint density at radius 2 is 1.60 bits per heavy atom. The van der Waals surface area contributed by atoms with Crippen LogP contribution in [-0.4, -0.2) is 11.7 Å². The number of allylic oxidation sites excluding steroid dienone is 1. The van der Waals surface area contributed by atoms with Gasteiger partial charge in [0.15, 0.2) is 0 Å². The third-order valence-electron chi connectivity index (χ3n) is 3.57. The van der Waals surface area contributed by atoms with Gasteiger partial charge in [-0.15, -0.1) is 0 Å². The molecule has 0 unspecified atom stereocenters. The van der Waals surface area contributed by atoms with Gasteiger partial charge in [-0.3, -0.25) is 0 Å². The minimum absolute atomic E-state index is 0.0143. The summed E-state index contributed by atoms with van der Waals surface area (Å²) in [5.41, 5.74) is 2.10. The van der Waals surface area contributed by atoms with Crippen molar-refractivity contribution in [3.05, 3.63) is 41.2 Å². The summed E-state index contributed by atoms with van der Waals surface area (Å²) in [6.45, 7) is 2.31. The number of rotatable bonds is 10. The summed E-state index contributed by atoms with van der Waals surface area (Å²) in [4.78, 5) is 0. The van der Waals surface area contributed by atoms with Gasteiger partial charge in [0.1, 0.15) is 5.83 Å². The standard InChI is InChI=1S/C18H27FO/c1-16-11-8-9-12-17(16)15-18(19)13-7-5-3-2-4-6-10-14-20/h8-9,11-12,15,20H,2-7,10,13-14H2,1H3/b18-15+. The first-order chi connectivity index (χ1) is 9.74. The Bertz CT molecular complexity index is 398. The van der Waals surface area contributed by atoms with E-state index in [1.807, 2.05) is 31.2 Å². The summed E-state index contributed by atoms with van der Waals surface area (Å²) in [6, 6.07) is 7.88. The normalized spacial score (nSPS) is 11.8. The van der Waals surface area contributed by atoms with E-state index in [4.69, 9.17) is 5.11 Å². The van der Waals surface area contributed by atoms with E-state index in [0.717, 1.165) is 36.8 Å². The van der Waals surface area contributed by atoms with E-state index in [2.05, 4.69) is 0 Å². The molecule has 1 nitrogen and oxygen atoms in total. The molecule has 0 aliphatic heterocycles. The fraction of sp³-hybridized carbons (Fsp3) is 0.556. The smallest absolute Gasteiger partial charge is 0.101 e. The molecule has 0 fully saturated rings. The second-order valence-electron chi connectivity index (χ2n) is 5.40. The van der Waals surface area contributed by atoms with Gasteiger partial charge in [0, 0.05) is 6.61 Å². The van der Waals surface area contributed by atoms with Crippen LogP contribution in [0.15, 0.2) is 30.1 Å². The van der Waals surface area contributed by atoms with Crippen molar-refractivity contribution >= 4 is 6.08 Å². The zero-order chi connectivity index (χ0) is 14.6. The molecule has 1 aromatic carbocycles. The minimum Gasteiger partial charge on any atom is -0.396 e. The van der Waals surface area contributed by atoms with Gasteiger partial charge in [-0.1, -0.05) is 56.4 Å². The predicted molar refractivity (Wildman–Crippen MR) is 84.3 cm³/mol. The SMILES string of the molecule is Cc1ccccc1/C=C(/F)CCCCCCCCCO. The highest BCUT2D eigenvalue weighted by atomic mass is 19.1. The van der Waals surface area contributed by atoms with Crippen molar-refractivity contribution in [3.63, 3.8) is 0 Å². The maximum atomic E-state index is 13.8. The number of unbranched alkanes of at least 4 members (excludes halogenated alkanes) is 6. The fourth-order valence-electron chi connectivity index (χ4n) is 2.28. The molecule has 0 radical (unpaired) electrons. The average Bonchev–Trinajstić information content (AvgIpc) is 2.44. The van der Waals surface area contributed by atoms with Gasteiger partial charge in [-0.2, -0.15) is 0 Å². The molecule has 0 atom stereocenters. The summed E-state index contributed by atoms with van der Waals surface area (Å²) in [6.07, 6.45) is 9.80. The van der Waals surface area contributed by atoms with Gasteiger partial charge in [0.05, 0.1) is 0 Å². The average molecular weight is 278 g/mol. The molecule has 0 bridgehead atoms. The number of hydrogen-bond acceptors (Lipinski definition) is 1. The maximum Gasteiger partial charge on any atom is 0.101 e. The lowest BCUT2D eigenvalue weighted by molar-refractivity contribution is 0.282. The van der Waals surface area contributed by atoms with Crippen LogP contribution in [0, 0.1) is 6.92 Å². The van der Waals surface area contributed by atoms with E-state index in [0.29, 0.717) is 13.0 Å². The summed E-state index contributed by atoms with van der Waals surface area (Å²) in [5, 5.41) is 8.66. The lowest BCUT2D eigenvalue weighted by Crippen LogP contribution is -1.85. The topological polar surface area (TPSA) is 20.2 Å². The molecule has 1 aromatic rings. The van der Waals surface area contributed by atoms with Gasteiger partial charge in [-0.05, 0) is 43.4 Å². The van der Waals surface area contributed by atoms with Crippen LogP contribution < -0.4 is 0 Å². The largest absolute Gasteiger partial charge is 0.396 e. The fourth-order valence-corrected chi connectivity index (χ4v) is 2.28. The Morgan fingerprint density at radius 3 is 2.25 bits per heavy atom. The van der Waals surface area contributed by atoms with Gasteiger partial charge >= 0.3 is 0 Å². The Morgan fingerprint density at radius 1 is 1.00 bits per heavy atom. The Labute approximate surface area is 122 Å². The van der Waals surface area contributed by atoms with E-state index in [1.54, 1.807) is 6.08 Å². The number of aliphatic hydroxyl groups is 1. The highest BCUT2D eigenvalue weighted by molar-refractivity contribution is 5.54.